The molecule has 14 heavy (non-hydrogen) atoms. The highest BCUT2D eigenvalue weighted by molar-refractivity contribution is 7.12. The number of hydrogen-bond donors (Lipinski definition) is 1. The first kappa shape index (κ1) is 10.8. The Bertz CT molecular complexity index is 368. The lowest BCUT2D eigenvalue weighted by Crippen LogP contribution is -2.05. The highest BCUT2D eigenvalue weighted by Crippen LogP contribution is 2.30. The normalized spacial score (nSPS) is 9.86. The van der Waals surface area contributed by atoms with Crippen molar-refractivity contribution in [2.24, 2.45) is 0 Å². The molecule has 76 valence electrons. The molecule has 0 atom stereocenters. The molecule has 1 heterocycles. The van der Waals surface area contributed by atoms with Gasteiger partial charge in [-0.2, -0.15) is 0 Å². The second-order valence-corrected chi connectivity index (χ2v) is 3.77. The minimum atomic E-state index is -0.359. The van der Waals surface area contributed by atoms with Crippen molar-refractivity contribution in [3.05, 3.63) is 22.4 Å². The Hall–Kier alpha value is -1.29. The Balaban J connectivity index is 3.00. The van der Waals surface area contributed by atoms with Crippen molar-refractivity contribution >= 4 is 28.6 Å². The molecular weight excluding hydrogens is 198 g/mol. The topological polar surface area (TPSA) is 52.3 Å². The van der Waals surface area contributed by atoms with E-state index in [-0.39, 0.29) is 5.97 Å². The van der Waals surface area contributed by atoms with E-state index in [4.69, 9.17) is 10.5 Å². The molecule has 1 aromatic heterocycles. The summed E-state index contributed by atoms with van der Waals surface area (Å²) in [5.74, 6) is -0.359. The molecule has 0 amide bonds. The van der Waals surface area contributed by atoms with Crippen LogP contribution in [-0.4, -0.2) is 12.6 Å². The number of nitrogens with two attached hydrogens (primary N) is 1. The summed E-state index contributed by atoms with van der Waals surface area (Å²) in [6, 6.07) is 0. The molecule has 4 heteroatoms. The van der Waals surface area contributed by atoms with Crippen molar-refractivity contribution in [3.63, 3.8) is 0 Å². The van der Waals surface area contributed by atoms with Gasteiger partial charge in [0.25, 0.3) is 0 Å². The van der Waals surface area contributed by atoms with Crippen LogP contribution in [0.25, 0.3) is 5.57 Å². The molecule has 1 aromatic rings. The Morgan fingerprint density at radius 1 is 1.71 bits per heavy atom. The van der Waals surface area contributed by atoms with Gasteiger partial charge >= 0.3 is 5.97 Å². The zero-order valence-electron chi connectivity index (χ0n) is 8.29. The van der Waals surface area contributed by atoms with Crippen LogP contribution in [0.2, 0.25) is 0 Å². The van der Waals surface area contributed by atoms with E-state index < -0.39 is 0 Å². The van der Waals surface area contributed by atoms with Crippen molar-refractivity contribution in [1.29, 1.82) is 0 Å². The first-order chi connectivity index (χ1) is 6.57. The van der Waals surface area contributed by atoms with Crippen LogP contribution in [0.1, 0.15) is 29.1 Å². The lowest BCUT2D eigenvalue weighted by molar-refractivity contribution is 0.0533. The third-order valence-electron chi connectivity index (χ3n) is 1.75. The third kappa shape index (κ3) is 1.96. The van der Waals surface area contributed by atoms with E-state index in [2.05, 4.69) is 6.58 Å². The molecule has 0 aliphatic rings. The van der Waals surface area contributed by atoms with E-state index in [1.54, 1.807) is 6.92 Å². The average Bonchev–Trinajstić information content (AvgIpc) is 2.47. The molecule has 0 bridgehead atoms. The van der Waals surface area contributed by atoms with Crippen LogP contribution in [-0.2, 0) is 4.74 Å². The van der Waals surface area contributed by atoms with Gasteiger partial charge in [0.1, 0.15) is 4.88 Å². The number of anilines is 1. The van der Waals surface area contributed by atoms with Gasteiger partial charge in [-0.3, -0.25) is 0 Å². The number of allylic oxidation sites excluding steroid dienone is 1. The van der Waals surface area contributed by atoms with Gasteiger partial charge in [-0.1, -0.05) is 6.58 Å². The molecule has 0 radical (unpaired) electrons. The monoisotopic (exact) mass is 211 g/mol. The van der Waals surface area contributed by atoms with E-state index >= 15 is 0 Å². The molecule has 0 aliphatic heterocycles. The van der Waals surface area contributed by atoms with Crippen LogP contribution < -0.4 is 5.73 Å². The summed E-state index contributed by atoms with van der Waals surface area (Å²) in [7, 11) is 0. The lowest BCUT2D eigenvalue weighted by atomic mass is 10.1. The number of nitrogen functional groups attached to an aromatic ring is 1. The smallest absolute Gasteiger partial charge is 0.350 e. The van der Waals surface area contributed by atoms with Crippen LogP contribution in [0.15, 0.2) is 12.0 Å². The largest absolute Gasteiger partial charge is 0.462 e. The maximum atomic E-state index is 11.4. The van der Waals surface area contributed by atoms with Gasteiger partial charge in [-0.15, -0.1) is 11.3 Å². The summed E-state index contributed by atoms with van der Waals surface area (Å²) in [6.45, 7) is 7.76. The van der Waals surface area contributed by atoms with E-state index in [0.29, 0.717) is 17.2 Å². The molecule has 0 saturated heterocycles. The summed E-state index contributed by atoms with van der Waals surface area (Å²) >= 11 is 1.29. The number of thiophene rings is 1. The predicted octanol–water partition coefficient (Wildman–Crippen LogP) is 2.54. The van der Waals surface area contributed by atoms with Crippen LogP contribution in [0.4, 0.5) is 5.69 Å². The van der Waals surface area contributed by atoms with E-state index in [0.717, 1.165) is 11.1 Å². The van der Waals surface area contributed by atoms with E-state index in [1.165, 1.54) is 11.3 Å². The minimum Gasteiger partial charge on any atom is -0.462 e. The van der Waals surface area contributed by atoms with Crippen molar-refractivity contribution in [3.8, 4) is 0 Å². The summed E-state index contributed by atoms with van der Waals surface area (Å²) < 4.78 is 4.86. The molecule has 0 aliphatic carbocycles. The fraction of sp³-hybridized carbons (Fsp3) is 0.300. The number of rotatable bonds is 3. The Kier molecular flexibility index (Phi) is 3.30. The molecular formula is C10H13NO2S. The Morgan fingerprint density at radius 2 is 2.36 bits per heavy atom. The quantitative estimate of drug-likeness (QED) is 0.782. The number of hydrogen-bond acceptors (Lipinski definition) is 4. The van der Waals surface area contributed by atoms with Crippen LogP contribution in [0.5, 0.6) is 0 Å². The number of carbonyl (C=O) groups is 1. The summed E-state index contributed by atoms with van der Waals surface area (Å²) in [5.41, 5.74) is 7.94. The van der Waals surface area contributed by atoms with Crippen molar-refractivity contribution < 1.29 is 9.53 Å². The lowest BCUT2D eigenvalue weighted by Gasteiger charge is -2.01. The van der Waals surface area contributed by atoms with Crippen LogP contribution in [0, 0.1) is 0 Å². The average molecular weight is 211 g/mol. The number of esters is 1. The van der Waals surface area contributed by atoms with Gasteiger partial charge in [-0.05, 0) is 19.4 Å². The second kappa shape index (κ2) is 4.28. The van der Waals surface area contributed by atoms with E-state index in [1.807, 2.05) is 12.3 Å². The minimum absolute atomic E-state index is 0.359. The molecule has 3 nitrogen and oxygen atoms in total. The molecule has 0 saturated carbocycles. The Morgan fingerprint density at radius 3 is 2.79 bits per heavy atom. The van der Waals surface area contributed by atoms with Gasteiger partial charge < -0.3 is 10.5 Å². The zero-order valence-corrected chi connectivity index (χ0v) is 9.11. The van der Waals surface area contributed by atoms with Crippen molar-refractivity contribution in [2.75, 3.05) is 12.3 Å². The summed E-state index contributed by atoms with van der Waals surface area (Å²) in [6.07, 6.45) is 0. The predicted molar refractivity (Wildman–Crippen MR) is 59.4 cm³/mol. The summed E-state index contributed by atoms with van der Waals surface area (Å²) in [5, 5.41) is 1.82. The zero-order chi connectivity index (χ0) is 10.7. The molecule has 1 rings (SSSR count). The SMILES string of the molecule is C=C(C)c1csc(C(=O)OCC)c1N. The standard InChI is InChI=1S/C10H13NO2S/c1-4-13-10(12)9-8(11)7(5-14-9)6(2)3/h5H,2,4,11H2,1,3H3. The van der Waals surface area contributed by atoms with Crippen LogP contribution >= 0.6 is 11.3 Å². The number of ether oxygens (including phenoxy) is 1. The van der Waals surface area contributed by atoms with Gasteiger partial charge in [0.2, 0.25) is 0 Å². The van der Waals surface area contributed by atoms with Gasteiger partial charge in [-0.25, -0.2) is 4.79 Å². The third-order valence-corrected chi connectivity index (χ3v) is 2.73. The molecule has 0 fully saturated rings. The van der Waals surface area contributed by atoms with Gasteiger partial charge in [0.05, 0.1) is 12.3 Å². The first-order valence-electron chi connectivity index (χ1n) is 4.27. The highest BCUT2D eigenvalue weighted by atomic mass is 32.1. The fourth-order valence-electron chi connectivity index (χ4n) is 1.05. The van der Waals surface area contributed by atoms with Crippen molar-refractivity contribution in [1.82, 2.24) is 0 Å². The Labute approximate surface area is 87.2 Å². The van der Waals surface area contributed by atoms with E-state index in [9.17, 15) is 4.79 Å². The fourth-order valence-corrected chi connectivity index (χ4v) is 2.01. The number of carbonyl (C=O) groups excluding carboxylic acids is 1. The van der Waals surface area contributed by atoms with Gasteiger partial charge in [0.15, 0.2) is 0 Å². The maximum absolute atomic E-state index is 11.4. The molecule has 2 N–H and O–H groups in total. The summed E-state index contributed by atoms with van der Waals surface area (Å²) in [4.78, 5) is 11.8. The van der Waals surface area contributed by atoms with Gasteiger partial charge in [0, 0.05) is 10.9 Å². The highest BCUT2D eigenvalue weighted by Gasteiger charge is 2.16. The first-order valence-corrected chi connectivity index (χ1v) is 5.15. The molecule has 0 unspecified atom stereocenters. The van der Waals surface area contributed by atoms with Crippen molar-refractivity contribution in [2.45, 2.75) is 13.8 Å². The molecule has 0 aromatic carbocycles. The van der Waals surface area contributed by atoms with Crippen LogP contribution in [0.3, 0.4) is 0 Å². The maximum Gasteiger partial charge on any atom is 0.350 e. The molecule has 0 spiro atoms. The second-order valence-electron chi connectivity index (χ2n) is 2.89.